The third-order valence-electron chi connectivity index (χ3n) is 5.31. The van der Waals surface area contributed by atoms with E-state index in [1.807, 2.05) is 36.4 Å². The Bertz CT molecular complexity index is 1080. The highest BCUT2D eigenvalue weighted by atomic mass is 32.1. The summed E-state index contributed by atoms with van der Waals surface area (Å²) >= 11 is 1.64. The van der Waals surface area contributed by atoms with Gasteiger partial charge in [0.05, 0.1) is 21.1 Å². The molecule has 2 aliphatic rings. The molecule has 1 unspecified atom stereocenters. The van der Waals surface area contributed by atoms with Gasteiger partial charge in [0.15, 0.2) is 11.5 Å². The molecule has 7 nitrogen and oxygen atoms in total. The number of nitrogens with one attached hydrogen (secondary N) is 1. The fraction of sp³-hybridized carbons (Fsp3) is 0.318. The summed E-state index contributed by atoms with van der Waals surface area (Å²) in [6.07, 6.45) is 0.888. The smallest absolute Gasteiger partial charge is 0.227 e. The number of fused-ring (bicyclic) bond motifs is 2. The van der Waals surface area contributed by atoms with Gasteiger partial charge in [-0.15, -0.1) is 11.3 Å². The molecule has 2 aliphatic heterocycles. The zero-order chi connectivity index (χ0) is 20.5. The van der Waals surface area contributed by atoms with Crippen LogP contribution in [0.25, 0.3) is 10.2 Å². The normalized spacial score (nSPS) is 18.1. The maximum absolute atomic E-state index is 12.6. The minimum atomic E-state index is -0.360. The highest BCUT2D eigenvalue weighted by Crippen LogP contribution is 2.36. The SMILES string of the molecule is O=C(NCCc1nc2ccccc2s1)C1CC(=O)N(c2ccc3c(c2)OCCO3)C1. The third-order valence-corrected chi connectivity index (χ3v) is 6.41. The van der Waals surface area contributed by atoms with E-state index in [0.29, 0.717) is 44.2 Å². The number of nitrogens with zero attached hydrogens (tertiary/aromatic N) is 2. The predicted molar refractivity (Wildman–Crippen MR) is 114 cm³/mol. The first-order chi connectivity index (χ1) is 14.7. The molecule has 1 N–H and O–H groups in total. The van der Waals surface area contributed by atoms with Gasteiger partial charge in [-0.3, -0.25) is 9.59 Å². The molecule has 30 heavy (non-hydrogen) atoms. The van der Waals surface area contributed by atoms with Crippen molar-refractivity contribution in [3.05, 3.63) is 47.5 Å². The molecule has 1 saturated heterocycles. The van der Waals surface area contributed by atoms with Gasteiger partial charge in [-0.2, -0.15) is 0 Å². The summed E-state index contributed by atoms with van der Waals surface area (Å²) < 4.78 is 12.3. The van der Waals surface area contributed by atoms with Crippen LogP contribution in [0.5, 0.6) is 11.5 Å². The van der Waals surface area contributed by atoms with Crippen LogP contribution in [0.4, 0.5) is 5.69 Å². The van der Waals surface area contributed by atoms with Gasteiger partial charge in [0.1, 0.15) is 13.2 Å². The van der Waals surface area contributed by atoms with Gasteiger partial charge in [0, 0.05) is 37.7 Å². The van der Waals surface area contributed by atoms with E-state index in [2.05, 4.69) is 10.3 Å². The van der Waals surface area contributed by atoms with Crippen LogP contribution in [0.1, 0.15) is 11.4 Å². The van der Waals surface area contributed by atoms with Crippen LogP contribution in [-0.4, -0.2) is 43.1 Å². The van der Waals surface area contributed by atoms with E-state index >= 15 is 0 Å². The van der Waals surface area contributed by atoms with Crippen molar-refractivity contribution in [2.45, 2.75) is 12.8 Å². The molecule has 0 radical (unpaired) electrons. The monoisotopic (exact) mass is 423 g/mol. The summed E-state index contributed by atoms with van der Waals surface area (Å²) in [5.74, 6) is 0.805. The molecular weight excluding hydrogens is 402 g/mol. The highest BCUT2D eigenvalue weighted by Gasteiger charge is 2.35. The molecule has 2 aromatic carbocycles. The number of amides is 2. The minimum absolute atomic E-state index is 0.0574. The lowest BCUT2D eigenvalue weighted by atomic mass is 10.1. The van der Waals surface area contributed by atoms with Crippen molar-refractivity contribution in [3.63, 3.8) is 0 Å². The summed E-state index contributed by atoms with van der Waals surface area (Å²) in [5, 5.41) is 3.96. The van der Waals surface area contributed by atoms with Crippen molar-refractivity contribution in [2.75, 3.05) is 31.2 Å². The number of benzene rings is 2. The summed E-state index contributed by atoms with van der Waals surface area (Å²) in [6, 6.07) is 13.5. The second-order valence-electron chi connectivity index (χ2n) is 7.35. The van der Waals surface area contributed by atoms with Crippen molar-refractivity contribution in [1.82, 2.24) is 10.3 Å². The van der Waals surface area contributed by atoms with E-state index in [0.717, 1.165) is 20.9 Å². The molecule has 3 aromatic rings. The van der Waals surface area contributed by atoms with Gasteiger partial charge >= 0.3 is 0 Å². The van der Waals surface area contributed by atoms with Gasteiger partial charge in [-0.1, -0.05) is 12.1 Å². The van der Waals surface area contributed by atoms with Crippen LogP contribution >= 0.6 is 11.3 Å². The number of rotatable bonds is 5. The summed E-state index contributed by atoms with van der Waals surface area (Å²) in [5.41, 5.74) is 1.72. The first-order valence-corrected chi connectivity index (χ1v) is 10.8. The quantitative estimate of drug-likeness (QED) is 0.683. The van der Waals surface area contributed by atoms with Crippen molar-refractivity contribution in [1.29, 1.82) is 0 Å². The Morgan fingerprint density at radius 2 is 2.00 bits per heavy atom. The van der Waals surface area contributed by atoms with Gasteiger partial charge in [-0.25, -0.2) is 4.98 Å². The molecule has 1 fully saturated rings. The van der Waals surface area contributed by atoms with E-state index in [-0.39, 0.29) is 24.2 Å². The topological polar surface area (TPSA) is 80.8 Å². The maximum Gasteiger partial charge on any atom is 0.227 e. The Morgan fingerprint density at radius 1 is 1.17 bits per heavy atom. The van der Waals surface area contributed by atoms with E-state index in [9.17, 15) is 9.59 Å². The lowest BCUT2D eigenvalue weighted by molar-refractivity contribution is -0.126. The van der Waals surface area contributed by atoms with Crippen LogP contribution < -0.4 is 19.7 Å². The van der Waals surface area contributed by atoms with Gasteiger partial charge < -0.3 is 19.7 Å². The van der Waals surface area contributed by atoms with E-state index < -0.39 is 0 Å². The standard InChI is InChI=1S/C22H21N3O4S/c26-21-11-14(13-25(21)15-5-6-17-18(12-15)29-10-9-28-17)22(27)23-8-7-20-24-16-3-1-2-4-19(16)30-20/h1-6,12,14H,7-11,13H2,(H,23,27). The average Bonchev–Trinajstić information content (AvgIpc) is 3.36. The largest absolute Gasteiger partial charge is 0.486 e. The molecule has 0 spiro atoms. The summed E-state index contributed by atoms with van der Waals surface area (Å²) in [7, 11) is 0. The molecule has 0 saturated carbocycles. The van der Waals surface area contributed by atoms with Crippen LogP contribution in [0.3, 0.4) is 0 Å². The first kappa shape index (κ1) is 18.9. The number of hydrogen-bond donors (Lipinski definition) is 1. The predicted octanol–water partition coefficient (Wildman–Crippen LogP) is 2.78. The summed E-state index contributed by atoms with van der Waals surface area (Å²) in [4.78, 5) is 31.4. The second kappa shape index (κ2) is 7.95. The molecule has 8 heteroatoms. The van der Waals surface area contributed by atoms with Crippen LogP contribution in [0, 0.1) is 5.92 Å². The maximum atomic E-state index is 12.6. The minimum Gasteiger partial charge on any atom is -0.486 e. The fourth-order valence-electron chi connectivity index (χ4n) is 3.80. The molecule has 154 valence electrons. The van der Waals surface area contributed by atoms with Gasteiger partial charge in [-0.05, 0) is 24.3 Å². The van der Waals surface area contributed by atoms with E-state index in [1.54, 1.807) is 22.3 Å². The third kappa shape index (κ3) is 3.70. The molecule has 0 bridgehead atoms. The Hall–Kier alpha value is -3.13. The van der Waals surface area contributed by atoms with Crippen LogP contribution in [-0.2, 0) is 16.0 Å². The summed E-state index contributed by atoms with van der Waals surface area (Å²) in [6.45, 7) is 1.89. The average molecular weight is 423 g/mol. The number of thiazole rings is 1. The Balaban J connectivity index is 1.18. The van der Waals surface area contributed by atoms with Gasteiger partial charge in [0.2, 0.25) is 11.8 Å². The molecule has 2 amide bonds. The van der Waals surface area contributed by atoms with Crippen molar-refractivity contribution < 1.29 is 19.1 Å². The Morgan fingerprint density at radius 3 is 2.87 bits per heavy atom. The zero-order valence-electron chi connectivity index (χ0n) is 16.3. The Labute approximate surface area is 177 Å². The number of anilines is 1. The van der Waals surface area contributed by atoms with Crippen molar-refractivity contribution >= 4 is 39.1 Å². The highest BCUT2D eigenvalue weighted by molar-refractivity contribution is 7.18. The molecule has 3 heterocycles. The second-order valence-corrected chi connectivity index (χ2v) is 8.46. The number of carbonyl (C=O) groups excluding carboxylic acids is 2. The number of ether oxygens (including phenoxy) is 2. The first-order valence-electron chi connectivity index (χ1n) is 9.99. The molecule has 1 atom stereocenters. The molecule has 5 rings (SSSR count). The number of carbonyl (C=O) groups is 2. The number of hydrogen-bond acceptors (Lipinski definition) is 6. The lowest BCUT2D eigenvalue weighted by Gasteiger charge is -2.22. The molecule has 1 aromatic heterocycles. The number of para-hydroxylation sites is 1. The fourth-order valence-corrected chi connectivity index (χ4v) is 4.76. The number of aromatic nitrogens is 1. The Kier molecular flexibility index (Phi) is 5.00. The molecule has 0 aliphatic carbocycles. The van der Waals surface area contributed by atoms with E-state index in [4.69, 9.17) is 9.47 Å². The van der Waals surface area contributed by atoms with Gasteiger partial charge in [0.25, 0.3) is 0 Å². The zero-order valence-corrected chi connectivity index (χ0v) is 17.1. The van der Waals surface area contributed by atoms with Crippen molar-refractivity contribution in [3.8, 4) is 11.5 Å². The molecular formula is C22H21N3O4S. The lowest BCUT2D eigenvalue weighted by Crippen LogP contribution is -2.34. The van der Waals surface area contributed by atoms with Crippen LogP contribution in [0.2, 0.25) is 0 Å². The van der Waals surface area contributed by atoms with Crippen molar-refractivity contribution in [2.24, 2.45) is 5.92 Å². The van der Waals surface area contributed by atoms with Crippen LogP contribution in [0.15, 0.2) is 42.5 Å². The van der Waals surface area contributed by atoms with E-state index in [1.165, 1.54) is 0 Å².